The third-order valence-electron chi connectivity index (χ3n) is 4.28. The van der Waals surface area contributed by atoms with Crippen LogP contribution in [-0.4, -0.2) is 23.8 Å². The molecule has 0 aromatic carbocycles. The number of ether oxygens (including phenoxy) is 1. The monoisotopic (exact) mass is 328 g/mol. The van der Waals surface area contributed by atoms with Gasteiger partial charge in [0.2, 0.25) is 0 Å². The van der Waals surface area contributed by atoms with E-state index in [2.05, 4.69) is 6.92 Å². The molecule has 0 saturated carbocycles. The van der Waals surface area contributed by atoms with E-state index in [-0.39, 0.29) is 12.6 Å². The zero-order valence-corrected chi connectivity index (χ0v) is 15.7. The smallest absolute Gasteiger partial charge is 0.305 e. The van der Waals surface area contributed by atoms with E-state index in [1.54, 1.807) is 0 Å². The van der Waals surface area contributed by atoms with Crippen molar-refractivity contribution in [3.63, 3.8) is 0 Å². The summed E-state index contributed by atoms with van der Waals surface area (Å²) in [4.78, 5) is 11.2. The Balaban J connectivity index is 3.18. The van der Waals surface area contributed by atoms with E-state index in [1.165, 1.54) is 70.6 Å². The fourth-order valence-electron chi connectivity index (χ4n) is 2.77. The Kier molecular flexibility index (Phi) is 17.3. The standard InChI is InChI=1S/C20H40O3/c1-3-5-6-7-8-9-10-11-12-13-14-15-17-19(21)18-23-20(22)16-4-2/h19,21H,3-18H2,1-2H3. The fraction of sp³-hybridized carbons (Fsp3) is 0.950. The van der Waals surface area contributed by atoms with Crippen LogP contribution >= 0.6 is 0 Å². The molecule has 0 saturated heterocycles. The van der Waals surface area contributed by atoms with Crippen LogP contribution in [0, 0.1) is 0 Å². The van der Waals surface area contributed by atoms with E-state index in [0.717, 1.165) is 19.3 Å². The molecule has 0 fully saturated rings. The fourth-order valence-corrected chi connectivity index (χ4v) is 2.77. The molecule has 138 valence electrons. The van der Waals surface area contributed by atoms with E-state index < -0.39 is 6.10 Å². The Labute approximate surface area is 144 Å². The first-order valence-electron chi connectivity index (χ1n) is 10.0. The molecule has 23 heavy (non-hydrogen) atoms. The quantitative estimate of drug-likeness (QED) is 0.272. The summed E-state index contributed by atoms with van der Waals surface area (Å²) >= 11 is 0. The summed E-state index contributed by atoms with van der Waals surface area (Å²) < 4.78 is 5.01. The minimum Gasteiger partial charge on any atom is -0.463 e. The summed E-state index contributed by atoms with van der Waals surface area (Å²) in [6.07, 6.45) is 17.4. The first kappa shape index (κ1) is 22.4. The van der Waals surface area contributed by atoms with E-state index in [4.69, 9.17) is 4.74 Å². The number of unbranched alkanes of at least 4 members (excludes halogenated alkanes) is 11. The van der Waals surface area contributed by atoms with Crippen molar-refractivity contribution in [3.05, 3.63) is 0 Å². The first-order chi connectivity index (χ1) is 11.2. The molecule has 0 bridgehead atoms. The molecular formula is C20H40O3. The molecule has 0 spiro atoms. The molecular weight excluding hydrogens is 288 g/mol. The van der Waals surface area contributed by atoms with Gasteiger partial charge in [0.15, 0.2) is 0 Å². The van der Waals surface area contributed by atoms with Crippen LogP contribution in [0.15, 0.2) is 0 Å². The number of hydrogen-bond acceptors (Lipinski definition) is 3. The number of carbonyl (C=O) groups is 1. The van der Waals surface area contributed by atoms with Crippen LogP contribution in [0.1, 0.15) is 110 Å². The lowest BCUT2D eigenvalue weighted by molar-refractivity contribution is -0.146. The van der Waals surface area contributed by atoms with Gasteiger partial charge in [-0.05, 0) is 12.8 Å². The third kappa shape index (κ3) is 17.6. The van der Waals surface area contributed by atoms with Crippen LogP contribution in [0.2, 0.25) is 0 Å². The molecule has 3 nitrogen and oxygen atoms in total. The Bertz CT molecular complexity index is 253. The molecule has 1 N–H and O–H groups in total. The zero-order chi connectivity index (χ0) is 17.2. The number of hydrogen-bond donors (Lipinski definition) is 1. The highest BCUT2D eigenvalue weighted by atomic mass is 16.5. The van der Waals surface area contributed by atoms with Gasteiger partial charge in [0.25, 0.3) is 0 Å². The van der Waals surface area contributed by atoms with Crippen molar-refractivity contribution in [2.45, 2.75) is 116 Å². The zero-order valence-electron chi connectivity index (χ0n) is 15.7. The van der Waals surface area contributed by atoms with E-state index in [1.807, 2.05) is 6.92 Å². The van der Waals surface area contributed by atoms with Crippen molar-refractivity contribution >= 4 is 5.97 Å². The third-order valence-corrected chi connectivity index (χ3v) is 4.28. The van der Waals surface area contributed by atoms with Crippen molar-refractivity contribution < 1.29 is 14.6 Å². The number of esters is 1. The number of aliphatic hydroxyl groups excluding tert-OH is 1. The molecule has 3 heteroatoms. The van der Waals surface area contributed by atoms with Crippen LogP contribution in [0.3, 0.4) is 0 Å². The second-order valence-electron chi connectivity index (χ2n) is 6.76. The Morgan fingerprint density at radius 2 is 1.26 bits per heavy atom. The second-order valence-corrected chi connectivity index (χ2v) is 6.76. The largest absolute Gasteiger partial charge is 0.463 e. The molecule has 0 radical (unpaired) electrons. The second kappa shape index (κ2) is 17.8. The van der Waals surface area contributed by atoms with Gasteiger partial charge in [-0.15, -0.1) is 0 Å². The van der Waals surface area contributed by atoms with Crippen LogP contribution < -0.4 is 0 Å². The van der Waals surface area contributed by atoms with Gasteiger partial charge >= 0.3 is 5.97 Å². The number of aliphatic hydroxyl groups is 1. The Morgan fingerprint density at radius 1 is 0.783 bits per heavy atom. The summed E-state index contributed by atoms with van der Waals surface area (Å²) in [5.41, 5.74) is 0. The topological polar surface area (TPSA) is 46.5 Å². The molecule has 0 heterocycles. The van der Waals surface area contributed by atoms with Gasteiger partial charge in [-0.2, -0.15) is 0 Å². The minimum absolute atomic E-state index is 0.164. The average Bonchev–Trinajstić information content (AvgIpc) is 2.54. The van der Waals surface area contributed by atoms with E-state index in [9.17, 15) is 9.90 Å². The summed E-state index contributed by atoms with van der Waals surface area (Å²) in [5, 5.41) is 9.75. The maximum Gasteiger partial charge on any atom is 0.305 e. The van der Waals surface area contributed by atoms with Crippen molar-refractivity contribution in [1.82, 2.24) is 0 Å². The van der Waals surface area contributed by atoms with Gasteiger partial charge < -0.3 is 9.84 Å². The van der Waals surface area contributed by atoms with Crippen molar-refractivity contribution in [2.24, 2.45) is 0 Å². The van der Waals surface area contributed by atoms with Crippen molar-refractivity contribution in [2.75, 3.05) is 6.61 Å². The van der Waals surface area contributed by atoms with Gasteiger partial charge in [0.05, 0.1) is 6.10 Å². The number of rotatable bonds is 17. The molecule has 0 aliphatic carbocycles. The minimum atomic E-state index is -0.487. The Hall–Kier alpha value is -0.570. The summed E-state index contributed by atoms with van der Waals surface area (Å²) in [6.45, 7) is 4.37. The summed E-state index contributed by atoms with van der Waals surface area (Å²) in [5.74, 6) is -0.193. The van der Waals surface area contributed by atoms with Gasteiger partial charge in [-0.3, -0.25) is 4.79 Å². The first-order valence-corrected chi connectivity index (χ1v) is 10.0. The van der Waals surface area contributed by atoms with Crippen LogP contribution in [-0.2, 0) is 9.53 Å². The molecule has 1 unspecified atom stereocenters. The molecule has 0 aliphatic heterocycles. The summed E-state index contributed by atoms with van der Waals surface area (Å²) in [7, 11) is 0. The van der Waals surface area contributed by atoms with Gasteiger partial charge in [-0.25, -0.2) is 0 Å². The number of carbonyl (C=O) groups excluding carboxylic acids is 1. The SMILES string of the molecule is CCCCCCCCCCCCCCC(O)COC(=O)CCC. The van der Waals surface area contributed by atoms with Crippen LogP contribution in [0.5, 0.6) is 0 Å². The molecule has 0 aromatic rings. The van der Waals surface area contributed by atoms with Gasteiger partial charge in [0.1, 0.15) is 6.61 Å². The lowest BCUT2D eigenvalue weighted by Crippen LogP contribution is -2.18. The van der Waals surface area contributed by atoms with Crippen molar-refractivity contribution in [3.8, 4) is 0 Å². The predicted octanol–water partition coefficient (Wildman–Crippen LogP) is 5.78. The van der Waals surface area contributed by atoms with Crippen LogP contribution in [0.4, 0.5) is 0 Å². The maximum absolute atomic E-state index is 11.2. The highest BCUT2D eigenvalue weighted by Gasteiger charge is 2.07. The van der Waals surface area contributed by atoms with Crippen LogP contribution in [0.25, 0.3) is 0 Å². The molecule has 0 amide bonds. The molecule has 0 rings (SSSR count). The normalized spacial score (nSPS) is 12.3. The average molecular weight is 329 g/mol. The highest BCUT2D eigenvalue weighted by molar-refractivity contribution is 5.69. The maximum atomic E-state index is 11.2. The van der Waals surface area contributed by atoms with E-state index in [0.29, 0.717) is 6.42 Å². The van der Waals surface area contributed by atoms with Gasteiger partial charge in [-0.1, -0.05) is 90.9 Å². The molecule has 0 aromatic heterocycles. The van der Waals surface area contributed by atoms with Crippen molar-refractivity contribution in [1.29, 1.82) is 0 Å². The highest BCUT2D eigenvalue weighted by Crippen LogP contribution is 2.13. The summed E-state index contributed by atoms with van der Waals surface area (Å²) in [6, 6.07) is 0. The lowest BCUT2D eigenvalue weighted by Gasteiger charge is -2.11. The molecule has 1 atom stereocenters. The molecule has 0 aliphatic rings. The van der Waals surface area contributed by atoms with E-state index >= 15 is 0 Å². The Morgan fingerprint density at radius 3 is 1.74 bits per heavy atom. The lowest BCUT2D eigenvalue weighted by atomic mass is 10.0. The predicted molar refractivity (Wildman–Crippen MR) is 97.6 cm³/mol. The van der Waals surface area contributed by atoms with Gasteiger partial charge in [0, 0.05) is 6.42 Å².